The molecule has 0 amide bonds. The number of carboxylic acids is 1. The van der Waals surface area contributed by atoms with E-state index in [1.165, 1.54) is 12.4 Å². The highest BCUT2D eigenvalue weighted by molar-refractivity contribution is 6.01. The van der Waals surface area contributed by atoms with Crippen molar-refractivity contribution in [3.63, 3.8) is 0 Å². The third-order valence-electron chi connectivity index (χ3n) is 4.18. The zero-order valence-corrected chi connectivity index (χ0v) is 15.7. The first-order chi connectivity index (χ1) is 13.2. The number of nitrogens with zero attached hydrogens (tertiary/aromatic N) is 4. The fraction of sp³-hybridized carbons (Fsp3) is 0.368. The van der Waals surface area contributed by atoms with Crippen LogP contribution in [0.4, 0.5) is 8.78 Å². The Kier molecular flexibility index (Phi) is 5.26. The largest absolute Gasteiger partial charge is 0.476 e. The lowest BCUT2D eigenvalue weighted by Gasteiger charge is -2.14. The second kappa shape index (κ2) is 7.49. The third kappa shape index (κ3) is 4.08. The number of fused-ring (bicyclic) bond motifs is 1. The Balaban J connectivity index is 1.92. The van der Waals surface area contributed by atoms with Gasteiger partial charge < -0.3 is 9.84 Å². The van der Waals surface area contributed by atoms with Gasteiger partial charge in [-0.1, -0.05) is 6.92 Å². The maximum absolute atomic E-state index is 13.0. The van der Waals surface area contributed by atoms with Gasteiger partial charge in [0.2, 0.25) is 5.88 Å². The van der Waals surface area contributed by atoms with E-state index in [9.17, 15) is 18.7 Å². The van der Waals surface area contributed by atoms with Crippen LogP contribution in [0, 0.1) is 6.92 Å². The minimum atomic E-state index is -2.94. The summed E-state index contributed by atoms with van der Waals surface area (Å²) in [4.78, 5) is 19.6. The summed E-state index contributed by atoms with van der Waals surface area (Å²) in [5.74, 6) is -3.89. The minimum Gasteiger partial charge on any atom is -0.476 e. The van der Waals surface area contributed by atoms with Gasteiger partial charge in [-0.25, -0.2) is 23.5 Å². The van der Waals surface area contributed by atoms with E-state index in [-0.39, 0.29) is 11.6 Å². The van der Waals surface area contributed by atoms with Gasteiger partial charge in [0.05, 0.1) is 17.4 Å². The lowest BCUT2D eigenvalue weighted by atomic mass is 10.1. The maximum Gasteiger partial charge on any atom is 0.355 e. The summed E-state index contributed by atoms with van der Waals surface area (Å²) < 4.78 is 32.7. The lowest BCUT2D eigenvalue weighted by molar-refractivity contribution is -0.0244. The minimum absolute atomic E-state index is 0.0286. The number of hydrogen-bond acceptors (Lipinski definition) is 5. The van der Waals surface area contributed by atoms with E-state index < -0.39 is 18.5 Å². The quantitative estimate of drug-likeness (QED) is 0.664. The molecule has 0 aromatic carbocycles. The molecule has 3 aromatic heterocycles. The van der Waals surface area contributed by atoms with Crippen LogP contribution in [0.2, 0.25) is 0 Å². The van der Waals surface area contributed by atoms with Crippen molar-refractivity contribution >= 4 is 16.9 Å². The van der Waals surface area contributed by atoms with E-state index in [0.717, 1.165) is 18.2 Å². The van der Waals surface area contributed by atoms with Gasteiger partial charge in [0, 0.05) is 30.6 Å². The summed E-state index contributed by atoms with van der Waals surface area (Å²) in [5.41, 5.74) is 2.70. The number of alkyl halides is 2. The van der Waals surface area contributed by atoms with Crippen molar-refractivity contribution in [3.8, 4) is 5.88 Å². The Morgan fingerprint density at radius 2 is 2.11 bits per heavy atom. The normalized spacial score (nSPS) is 11.8. The number of aromatic nitrogens is 4. The molecule has 0 atom stereocenters. The standard InChI is InChI=1S/C19H20F2N4O3/c1-4-14-15-13(5-6-22-16(15)18(26)27)24-25(14)9-12-7-11(2)17(23-8-12)28-10-19(3,20)21/h5-8H,4,9-10H2,1-3H3,(H,26,27). The Morgan fingerprint density at radius 1 is 1.36 bits per heavy atom. The molecule has 0 aliphatic heterocycles. The molecule has 0 saturated carbocycles. The molecule has 0 aliphatic carbocycles. The van der Waals surface area contributed by atoms with Gasteiger partial charge in [-0.2, -0.15) is 5.10 Å². The number of rotatable bonds is 7. The molecule has 3 aromatic rings. The Hall–Kier alpha value is -3.10. The van der Waals surface area contributed by atoms with Crippen molar-refractivity contribution < 1.29 is 23.4 Å². The van der Waals surface area contributed by atoms with E-state index in [1.54, 1.807) is 23.7 Å². The summed E-state index contributed by atoms with van der Waals surface area (Å²) in [6.07, 6.45) is 3.53. The average Bonchev–Trinajstić information content (AvgIpc) is 2.96. The third-order valence-corrected chi connectivity index (χ3v) is 4.18. The number of halogens is 2. The van der Waals surface area contributed by atoms with Crippen LogP contribution in [0.1, 0.15) is 41.2 Å². The number of hydrogen-bond donors (Lipinski definition) is 1. The first kappa shape index (κ1) is 19.7. The highest BCUT2D eigenvalue weighted by atomic mass is 19.3. The van der Waals surface area contributed by atoms with Crippen LogP contribution >= 0.6 is 0 Å². The van der Waals surface area contributed by atoms with E-state index in [0.29, 0.717) is 29.4 Å². The summed E-state index contributed by atoms with van der Waals surface area (Å²) in [5, 5.41) is 14.4. The first-order valence-electron chi connectivity index (χ1n) is 8.73. The van der Waals surface area contributed by atoms with Crippen molar-refractivity contribution in [1.29, 1.82) is 0 Å². The number of pyridine rings is 2. The second-order valence-electron chi connectivity index (χ2n) is 6.64. The van der Waals surface area contributed by atoms with Gasteiger partial charge in [-0.3, -0.25) is 4.68 Å². The van der Waals surface area contributed by atoms with Crippen molar-refractivity contribution in [2.45, 2.75) is 39.7 Å². The molecule has 0 aliphatic rings. The molecule has 148 valence electrons. The zero-order chi connectivity index (χ0) is 20.5. The number of aryl methyl sites for hydroxylation is 2. The smallest absolute Gasteiger partial charge is 0.355 e. The molecule has 0 bridgehead atoms. The molecule has 0 unspecified atom stereocenters. The molecule has 7 nitrogen and oxygen atoms in total. The van der Waals surface area contributed by atoms with Crippen molar-refractivity contribution in [3.05, 3.63) is 47.0 Å². The lowest BCUT2D eigenvalue weighted by Crippen LogP contribution is -2.21. The molecule has 3 heterocycles. The predicted molar refractivity (Wildman–Crippen MR) is 98.1 cm³/mol. The monoisotopic (exact) mass is 390 g/mol. The zero-order valence-electron chi connectivity index (χ0n) is 15.7. The molecular formula is C19H20F2N4O3. The van der Waals surface area contributed by atoms with Crippen LogP contribution in [0.3, 0.4) is 0 Å². The molecule has 1 N–H and O–H groups in total. The van der Waals surface area contributed by atoms with Crippen LogP contribution in [0.15, 0.2) is 24.5 Å². The van der Waals surface area contributed by atoms with Crippen LogP contribution in [-0.2, 0) is 13.0 Å². The number of aromatic carboxylic acids is 1. The van der Waals surface area contributed by atoms with Gasteiger partial charge in [-0.05, 0) is 31.0 Å². The van der Waals surface area contributed by atoms with Gasteiger partial charge in [-0.15, -0.1) is 0 Å². The molecule has 28 heavy (non-hydrogen) atoms. The van der Waals surface area contributed by atoms with E-state index in [4.69, 9.17) is 4.74 Å². The molecule has 0 fully saturated rings. The first-order valence-corrected chi connectivity index (χ1v) is 8.73. The summed E-state index contributed by atoms with van der Waals surface area (Å²) in [6.45, 7) is 4.04. The fourth-order valence-corrected chi connectivity index (χ4v) is 3.02. The van der Waals surface area contributed by atoms with Crippen molar-refractivity contribution in [2.24, 2.45) is 0 Å². The molecule has 0 radical (unpaired) electrons. The molecule has 0 saturated heterocycles. The van der Waals surface area contributed by atoms with Gasteiger partial charge >= 0.3 is 5.97 Å². The van der Waals surface area contributed by atoms with Gasteiger partial charge in [0.1, 0.15) is 0 Å². The predicted octanol–water partition coefficient (Wildman–Crippen LogP) is 3.48. The highest BCUT2D eigenvalue weighted by Gasteiger charge is 2.23. The molecular weight excluding hydrogens is 370 g/mol. The van der Waals surface area contributed by atoms with Crippen LogP contribution in [0.5, 0.6) is 5.88 Å². The van der Waals surface area contributed by atoms with E-state index >= 15 is 0 Å². The van der Waals surface area contributed by atoms with Crippen LogP contribution < -0.4 is 4.74 Å². The topological polar surface area (TPSA) is 90.1 Å². The molecule has 9 heteroatoms. The van der Waals surface area contributed by atoms with Gasteiger partial charge in [0.25, 0.3) is 5.92 Å². The highest BCUT2D eigenvalue weighted by Crippen LogP contribution is 2.24. The number of carboxylic acid groups (broad SMARTS) is 1. The number of ether oxygens (including phenoxy) is 1. The molecule has 0 spiro atoms. The molecule has 3 rings (SSSR count). The Morgan fingerprint density at radius 3 is 2.71 bits per heavy atom. The van der Waals surface area contributed by atoms with Gasteiger partial charge in [0.15, 0.2) is 12.3 Å². The summed E-state index contributed by atoms with van der Waals surface area (Å²) in [7, 11) is 0. The van der Waals surface area contributed by atoms with Crippen LogP contribution in [-0.4, -0.2) is 43.4 Å². The summed E-state index contributed by atoms with van der Waals surface area (Å²) in [6, 6.07) is 3.46. The Labute approximate surface area is 160 Å². The average molecular weight is 390 g/mol. The Bertz CT molecular complexity index is 1030. The number of carbonyl (C=O) groups is 1. The SMILES string of the molecule is CCc1c2c(C(=O)O)nccc2nn1Cc1cnc(OCC(C)(F)F)c(C)c1. The maximum atomic E-state index is 13.0. The second-order valence-corrected chi connectivity index (χ2v) is 6.64. The van der Waals surface area contributed by atoms with E-state index in [2.05, 4.69) is 15.1 Å². The van der Waals surface area contributed by atoms with Crippen molar-refractivity contribution in [1.82, 2.24) is 19.7 Å². The fourth-order valence-electron chi connectivity index (χ4n) is 3.02. The summed E-state index contributed by atoms with van der Waals surface area (Å²) >= 11 is 0. The van der Waals surface area contributed by atoms with Crippen molar-refractivity contribution in [2.75, 3.05) is 6.61 Å². The van der Waals surface area contributed by atoms with E-state index in [1.807, 2.05) is 6.92 Å². The van der Waals surface area contributed by atoms with Crippen LogP contribution in [0.25, 0.3) is 10.9 Å².